The van der Waals surface area contributed by atoms with Crippen molar-refractivity contribution in [2.45, 2.75) is 38.6 Å². The summed E-state index contributed by atoms with van der Waals surface area (Å²) in [5.41, 5.74) is 3.80. The summed E-state index contributed by atoms with van der Waals surface area (Å²) in [6.45, 7) is 1.90. The summed E-state index contributed by atoms with van der Waals surface area (Å²) in [4.78, 5) is 13.2. The van der Waals surface area contributed by atoms with Gasteiger partial charge < -0.3 is 4.52 Å². The van der Waals surface area contributed by atoms with E-state index in [0.717, 1.165) is 49.3 Å². The second kappa shape index (κ2) is 8.88. The molecule has 1 aliphatic carbocycles. The number of anilines is 1. The standard InChI is InChI=1S/C25H28N4O6S2/c1-16-8-7-9-18(14-16)23-22(24(35-26-23)29(36(3,31)32)37(4,33)34)17-12-13-20-21(15-17)27(2)25(30)28(20)19-10-5-6-11-19/h7-9,12-15,19H,5-6,10-11H2,1-4H3. The van der Waals surface area contributed by atoms with Crippen molar-refractivity contribution in [3.05, 3.63) is 58.5 Å². The average Bonchev–Trinajstić information content (AvgIpc) is 3.52. The molecular weight excluding hydrogens is 516 g/mol. The Labute approximate surface area is 215 Å². The van der Waals surface area contributed by atoms with E-state index in [4.69, 9.17) is 4.52 Å². The molecule has 0 radical (unpaired) electrons. The zero-order chi connectivity index (χ0) is 26.7. The maximum atomic E-state index is 13.2. The van der Waals surface area contributed by atoms with E-state index in [1.165, 1.54) is 0 Å². The number of hydrogen-bond acceptors (Lipinski definition) is 7. The van der Waals surface area contributed by atoms with Gasteiger partial charge in [0.2, 0.25) is 20.0 Å². The molecule has 0 N–H and O–H groups in total. The second-order valence-electron chi connectivity index (χ2n) is 9.66. The highest BCUT2D eigenvalue weighted by molar-refractivity contribution is 8.09. The van der Waals surface area contributed by atoms with Crippen molar-refractivity contribution in [2.75, 3.05) is 16.2 Å². The largest absolute Gasteiger partial charge is 0.335 e. The molecular formula is C25H28N4O6S2. The predicted octanol–water partition coefficient (Wildman–Crippen LogP) is 3.81. The molecule has 0 unspecified atom stereocenters. The van der Waals surface area contributed by atoms with Crippen LogP contribution in [-0.2, 0) is 27.1 Å². The van der Waals surface area contributed by atoms with Gasteiger partial charge in [0, 0.05) is 18.7 Å². The minimum absolute atomic E-state index is 0.127. The number of nitrogens with zero attached hydrogens (tertiary/aromatic N) is 4. The summed E-state index contributed by atoms with van der Waals surface area (Å²) in [5, 5.41) is 4.12. The summed E-state index contributed by atoms with van der Waals surface area (Å²) in [6, 6.07) is 12.8. The Balaban J connectivity index is 1.81. The zero-order valence-electron chi connectivity index (χ0n) is 21.0. The van der Waals surface area contributed by atoms with E-state index in [1.807, 2.05) is 35.8 Å². The van der Waals surface area contributed by atoms with E-state index >= 15 is 0 Å². The van der Waals surface area contributed by atoms with Crippen LogP contribution in [0.1, 0.15) is 37.3 Å². The van der Waals surface area contributed by atoms with Crippen molar-refractivity contribution < 1.29 is 21.4 Å². The Morgan fingerprint density at radius 1 is 0.946 bits per heavy atom. The number of sulfonamides is 2. The summed E-state index contributed by atoms with van der Waals surface area (Å²) in [7, 11) is -6.90. The van der Waals surface area contributed by atoms with Gasteiger partial charge in [0.05, 0.1) is 29.1 Å². The van der Waals surface area contributed by atoms with Crippen LogP contribution in [0.25, 0.3) is 33.4 Å². The van der Waals surface area contributed by atoms with Gasteiger partial charge in [0.15, 0.2) is 0 Å². The third-order valence-electron chi connectivity index (χ3n) is 6.80. The molecule has 4 aromatic rings. The van der Waals surface area contributed by atoms with Gasteiger partial charge in [-0.2, -0.15) is 0 Å². The molecule has 0 amide bonds. The van der Waals surface area contributed by atoms with Crippen molar-refractivity contribution in [1.29, 1.82) is 0 Å². The minimum atomic E-state index is -4.30. The summed E-state index contributed by atoms with van der Waals surface area (Å²) in [6.07, 6.45) is 5.60. The normalized spacial score (nSPS) is 15.0. The number of fused-ring (bicyclic) bond motifs is 1. The van der Waals surface area contributed by atoms with Crippen LogP contribution in [0.5, 0.6) is 0 Å². The van der Waals surface area contributed by atoms with E-state index in [0.29, 0.717) is 16.6 Å². The maximum absolute atomic E-state index is 13.2. The highest BCUT2D eigenvalue weighted by atomic mass is 32.3. The second-order valence-corrected chi connectivity index (χ2v) is 13.6. The molecule has 0 bridgehead atoms. The first kappa shape index (κ1) is 25.3. The third-order valence-corrected chi connectivity index (χ3v) is 9.96. The number of imidazole rings is 1. The maximum Gasteiger partial charge on any atom is 0.329 e. The Morgan fingerprint density at radius 2 is 1.62 bits per heavy atom. The summed E-state index contributed by atoms with van der Waals surface area (Å²) < 4.78 is 59.6. The quantitative estimate of drug-likeness (QED) is 0.361. The molecule has 5 rings (SSSR count). The fourth-order valence-electron chi connectivity index (χ4n) is 5.24. The molecule has 0 atom stereocenters. The molecule has 1 aliphatic rings. The lowest BCUT2D eigenvalue weighted by molar-refractivity contribution is 0.433. The van der Waals surface area contributed by atoms with E-state index in [9.17, 15) is 21.6 Å². The average molecular weight is 545 g/mol. The van der Waals surface area contributed by atoms with E-state index < -0.39 is 25.9 Å². The van der Waals surface area contributed by atoms with Crippen LogP contribution in [0.3, 0.4) is 0 Å². The monoisotopic (exact) mass is 544 g/mol. The molecule has 37 heavy (non-hydrogen) atoms. The van der Waals surface area contributed by atoms with Crippen LogP contribution in [0, 0.1) is 6.92 Å². The van der Waals surface area contributed by atoms with Gasteiger partial charge in [-0.1, -0.05) is 47.8 Å². The topological polar surface area (TPSA) is 124 Å². The number of rotatable bonds is 6. The van der Waals surface area contributed by atoms with Gasteiger partial charge in [0.1, 0.15) is 5.69 Å². The number of aromatic nitrogens is 3. The molecule has 1 fully saturated rings. The van der Waals surface area contributed by atoms with Crippen molar-refractivity contribution in [3.63, 3.8) is 0 Å². The Bertz CT molecular complexity index is 1760. The lowest BCUT2D eigenvalue weighted by Gasteiger charge is -2.18. The smallest absolute Gasteiger partial charge is 0.329 e. The van der Waals surface area contributed by atoms with Crippen LogP contribution < -0.4 is 9.40 Å². The van der Waals surface area contributed by atoms with Crippen LogP contribution in [0.4, 0.5) is 5.88 Å². The molecule has 10 nitrogen and oxygen atoms in total. The molecule has 2 aromatic heterocycles. The van der Waals surface area contributed by atoms with Crippen molar-refractivity contribution in [3.8, 4) is 22.4 Å². The Kier molecular flexibility index (Phi) is 6.06. The Hall–Kier alpha value is -3.38. The molecule has 2 heterocycles. The molecule has 0 saturated heterocycles. The fraction of sp³-hybridized carbons (Fsp3) is 0.360. The lowest BCUT2D eigenvalue weighted by Crippen LogP contribution is -2.35. The molecule has 0 spiro atoms. The van der Waals surface area contributed by atoms with Crippen LogP contribution >= 0.6 is 0 Å². The summed E-state index contributed by atoms with van der Waals surface area (Å²) in [5.74, 6) is -0.430. The minimum Gasteiger partial charge on any atom is -0.335 e. The van der Waals surface area contributed by atoms with E-state index in [1.54, 1.807) is 29.8 Å². The van der Waals surface area contributed by atoms with Crippen molar-refractivity contribution in [2.24, 2.45) is 7.05 Å². The first-order valence-electron chi connectivity index (χ1n) is 11.9. The summed E-state index contributed by atoms with van der Waals surface area (Å²) >= 11 is 0. The zero-order valence-corrected chi connectivity index (χ0v) is 22.6. The van der Waals surface area contributed by atoms with Crippen LogP contribution in [-0.4, -0.2) is 43.6 Å². The van der Waals surface area contributed by atoms with Gasteiger partial charge in [0.25, 0.3) is 5.88 Å². The highest BCUT2D eigenvalue weighted by Gasteiger charge is 2.36. The van der Waals surface area contributed by atoms with Gasteiger partial charge in [-0.25, -0.2) is 21.6 Å². The van der Waals surface area contributed by atoms with E-state index in [2.05, 4.69) is 5.16 Å². The molecule has 12 heteroatoms. The lowest BCUT2D eigenvalue weighted by atomic mass is 9.99. The van der Waals surface area contributed by atoms with Crippen LogP contribution in [0.2, 0.25) is 0 Å². The van der Waals surface area contributed by atoms with Gasteiger partial charge in [-0.05, 0) is 43.5 Å². The fourth-order valence-corrected chi connectivity index (χ4v) is 8.06. The number of aryl methyl sites for hydroxylation is 2. The first-order chi connectivity index (χ1) is 17.4. The molecule has 196 valence electrons. The third kappa shape index (κ3) is 4.37. The number of hydrogen-bond donors (Lipinski definition) is 0. The van der Waals surface area contributed by atoms with Gasteiger partial charge in [-0.15, -0.1) is 3.71 Å². The Morgan fingerprint density at radius 3 is 2.24 bits per heavy atom. The first-order valence-corrected chi connectivity index (χ1v) is 15.6. The number of benzene rings is 2. The van der Waals surface area contributed by atoms with Crippen molar-refractivity contribution >= 4 is 37.0 Å². The molecule has 1 saturated carbocycles. The van der Waals surface area contributed by atoms with Gasteiger partial charge >= 0.3 is 5.69 Å². The molecule has 0 aliphatic heterocycles. The molecule has 2 aromatic carbocycles. The van der Waals surface area contributed by atoms with E-state index in [-0.39, 0.29) is 26.7 Å². The highest BCUT2D eigenvalue weighted by Crippen LogP contribution is 2.42. The van der Waals surface area contributed by atoms with Crippen LogP contribution in [0.15, 0.2) is 51.8 Å². The van der Waals surface area contributed by atoms with Gasteiger partial charge in [-0.3, -0.25) is 9.13 Å². The van der Waals surface area contributed by atoms with Crippen molar-refractivity contribution in [1.82, 2.24) is 14.3 Å². The SMILES string of the molecule is Cc1cccc(-c2noc(N(S(C)(=O)=O)S(C)(=O)=O)c2-c2ccc3c(c2)n(C)c(=O)n3C2CCCC2)c1. The predicted molar refractivity (Wildman–Crippen MR) is 143 cm³/mol.